The molecule has 0 fully saturated rings. The molecule has 0 bridgehead atoms. The van der Waals surface area contributed by atoms with Gasteiger partial charge in [0.15, 0.2) is 0 Å². The lowest BCUT2D eigenvalue weighted by molar-refractivity contribution is -0.115. The zero-order valence-electron chi connectivity index (χ0n) is 12.3. The van der Waals surface area contributed by atoms with Crippen molar-refractivity contribution in [3.05, 3.63) is 46.4 Å². The third kappa shape index (κ3) is 3.38. The minimum absolute atomic E-state index is 0.116. The highest BCUT2D eigenvalue weighted by atomic mass is 35.5. The molecule has 118 valence electrons. The third-order valence-corrected chi connectivity index (χ3v) is 4.48. The van der Waals surface area contributed by atoms with Crippen LogP contribution in [0.3, 0.4) is 0 Å². The fraction of sp³-hybridized carbons (Fsp3) is 0.125. The molecule has 3 N–H and O–H groups in total. The van der Waals surface area contributed by atoms with E-state index in [4.69, 9.17) is 11.6 Å². The minimum atomic E-state index is -0.241. The Morgan fingerprint density at radius 3 is 2.74 bits per heavy atom. The number of aromatic nitrogens is 1. The first-order chi connectivity index (χ1) is 11.1. The van der Waals surface area contributed by atoms with Gasteiger partial charge in [0.1, 0.15) is 5.69 Å². The van der Waals surface area contributed by atoms with E-state index in [1.165, 1.54) is 0 Å². The molecule has 5 nitrogen and oxygen atoms in total. The van der Waals surface area contributed by atoms with Gasteiger partial charge in [0.25, 0.3) is 5.91 Å². The van der Waals surface area contributed by atoms with Crippen LogP contribution < -0.4 is 10.6 Å². The number of fused-ring (bicyclic) bond motifs is 1. The van der Waals surface area contributed by atoms with Crippen molar-refractivity contribution in [2.24, 2.45) is 0 Å². The average molecular weight is 348 g/mol. The van der Waals surface area contributed by atoms with Crippen molar-refractivity contribution in [1.82, 2.24) is 4.98 Å². The number of carbonyl (C=O) groups excluding carboxylic acids is 2. The summed E-state index contributed by atoms with van der Waals surface area (Å²) in [5, 5.41) is 7.82. The maximum absolute atomic E-state index is 12.3. The molecule has 0 atom stereocenters. The number of aromatic amines is 1. The minimum Gasteiger partial charge on any atom is -0.350 e. The van der Waals surface area contributed by atoms with Crippen LogP contribution in [0.15, 0.2) is 35.7 Å². The van der Waals surface area contributed by atoms with Crippen LogP contribution >= 0.6 is 22.9 Å². The average Bonchev–Trinajstić information content (AvgIpc) is 3.11. The van der Waals surface area contributed by atoms with Crippen LogP contribution in [0.1, 0.15) is 23.8 Å². The second-order valence-corrected chi connectivity index (χ2v) is 6.29. The molecule has 0 spiro atoms. The molecule has 0 saturated heterocycles. The van der Waals surface area contributed by atoms with Gasteiger partial charge in [0.05, 0.1) is 20.9 Å². The van der Waals surface area contributed by atoms with Gasteiger partial charge in [-0.2, -0.15) is 0 Å². The largest absolute Gasteiger partial charge is 0.350 e. The summed E-state index contributed by atoms with van der Waals surface area (Å²) in [5.74, 6) is -0.357. The first-order valence-corrected chi connectivity index (χ1v) is 8.29. The van der Waals surface area contributed by atoms with Crippen molar-refractivity contribution in [3.63, 3.8) is 0 Å². The number of carbonyl (C=O) groups is 2. The quantitative estimate of drug-likeness (QED) is 0.650. The number of nitrogens with one attached hydrogen (secondary N) is 3. The van der Waals surface area contributed by atoms with Gasteiger partial charge in [0, 0.05) is 12.1 Å². The number of rotatable bonds is 4. The first kappa shape index (κ1) is 15.6. The van der Waals surface area contributed by atoms with Crippen LogP contribution in [0.25, 0.3) is 10.2 Å². The Morgan fingerprint density at radius 2 is 2.04 bits per heavy atom. The van der Waals surface area contributed by atoms with Crippen LogP contribution in [0.5, 0.6) is 0 Å². The second kappa shape index (κ2) is 6.44. The van der Waals surface area contributed by atoms with Crippen molar-refractivity contribution in [3.8, 4) is 0 Å². The van der Waals surface area contributed by atoms with Gasteiger partial charge in [-0.3, -0.25) is 9.59 Å². The molecule has 0 saturated carbocycles. The number of hydrogen-bond donors (Lipinski definition) is 3. The van der Waals surface area contributed by atoms with Crippen molar-refractivity contribution >= 4 is 56.3 Å². The summed E-state index contributed by atoms with van der Waals surface area (Å²) < 4.78 is 1.03. The lowest BCUT2D eigenvalue weighted by atomic mass is 10.2. The summed E-state index contributed by atoms with van der Waals surface area (Å²) in [4.78, 5) is 26.7. The summed E-state index contributed by atoms with van der Waals surface area (Å²) in [6.07, 6.45) is 0.374. The second-order valence-electron chi connectivity index (χ2n) is 4.93. The molecule has 7 heteroatoms. The Labute approximate surface area is 141 Å². The highest BCUT2D eigenvalue weighted by Gasteiger charge is 2.12. The van der Waals surface area contributed by atoms with Crippen LogP contribution in [-0.2, 0) is 4.79 Å². The van der Waals surface area contributed by atoms with Crippen molar-refractivity contribution in [2.75, 3.05) is 10.6 Å². The van der Waals surface area contributed by atoms with Crippen LogP contribution in [0.2, 0.25) is 5.02 Å². The van der Waals surface area contributed by atoms with E-state index in [9.17, 15) is 9.59 Å². The zero-order valence-corrected chi connectivity index (χ0v) is 13.8. The molecule has 0 unspecified atom stereocenters. The number of hydrogen-bond acceptors (Lipinski definition) is 3. The highest BCUT2D eigenvalue weighted by Crippen LogP contribution is 2.26. The number of amides is 2. The van der Waals surface area contributed by atoms with E-state index in [1.807, 2.05) is 17.5 Å². The van der Waals surface area contributed by atoms with Gasteiger partial charge in [-0.1, -0.05) is 18.5 Å². The van der Waals surface area contributed by atoms with E-state index >= 15 is 0 Å². The highest BCUT2D eigenvalue weighted by molar-refractivity contribution is 7.17. The molecular weight excluding hydrogens is 334 g/mol. The Kier molecular flexibility index (Phi) is 4.36. The molecule has 2 aromatic heterocycles. The van der Waals surface area contributed by atoms with Crippen molar-refractivity contribution in [1.29, 1.82) is 0 Å². The van der Waals surface area contributed by atoms with Gasteiger partial charge in [-0.05, 0) is 35.7 Å². The van der Waals surface area contributed by atoms with E-state index in [0.29, 0.717) is 28.5 Å². The molecule has 0 radical (unpaired) electrons. The Bertz CT molecular complexity index is 856. The molecule has 2 heterocycles. The summed E-state index contributed by atoms with van der Waals surface area (Å²) in [5.41, 5.74) is 2.52. The van der Waals surface area contributed by atoms with Crippen molar-refractivity contribution in [2.45, 2.75) is 13.3 Å². The van der Waals surface area contributed by atoms with Crippen LogP contribution in [-0.4, -0.2) is 16.8 Å². The van der Waals surface area contributed by atoms with Gasteiger partial charge < -0.3 is 15.6 Å². The Morgan fingerprint density at radius 1 is 1.22 bits per heavy atom. The van der Waals surface area contributed by atoms with Gasteiger partial charge in [-0.15, -0.1) is 11.3 Å². The molecule has 0 aliphatic heterocycles. The topological polar surface area (TPSA) is 74.0 Å². The molecule has 3 rings (SSSR count). The number of anilines is 2. The molecule has 3 aromatic rings. The Balaban J connectivity index is 1.74. The monoisotopic (exact) mass is 347 g/mol. The number of H-pyrrole nitrogens is 1. The Hall–Kier alpha value is -2.31. The summed E-state index contributed by atoms with van der Waals surface area (Å²) >= 11 is 7.71. The SMILES string of the molecule is CCC(=O)Nc1ccc(NC(=O)c2cc3sccc3[nH]2)cc1Cl. The fourth-order valence-corrected chi connectivity index (χ4v) is 3.11. The third-order valence-electron chi connectivity index (χ3n) is 3.31. The van der Waals surface area contributed by atoms with Crippen LogP contribution in [0.4, 0.5) is 11.4 Å². The maximum Gasteiger partial charge on any atom is 0.272 e. The molecule has 0 aliphatic carbocycles. The van der Waals surface area contributed by atoms with E-state index < -0.39 is 0 Å². The first-order valence-electron chi connectivity index (χ1n) is 7.04. The predicted octanol–water partition coefficient (Wildman–Crippen LogP) is 4.48. The molecule has 1 aromatic carbocycles. The zero-order chi connectivity index (χ0) is 16.4. The van der Waals surface area contributed by atoms with Gasteiger partial charge in [-0.25, -0.2) is 0 Å². The van der Waals surface area contributed by atoms with Crippen LogP contribution in [0, 0.1) is 0 Å². The summed E-state index contributed by atoms with van der Waals surface area (Å²) in [6.45, 7) is 1.76. The van der Waals surface area contributed by atoms with Crippen molar-refractivity contribution < 1.29 is 9.59 Å². The lowest BCUT2D eigenvalue weighted by Gasteiger charge is -2.09. The summed E-state index contributed by atoms with van der Waals surface area (Å²) in [7, 11) is 0. The molecule has 23 heavy (non-hydrogen) atoms. The standard InChI is InChI=1S/C16H14ClN3O2S/c1-2-15(21)20-11-4-3-9(7-10(11)17)18-16(22)13-8-14-12(19-13)5-6-23-14/h3-8,19H,2H2,1H3,(H,18,22)(H,20,21). The lowest BCUT2D eigenvalue weighted by Crippen LogP contribution is -2.13. The smallest absolute Gasteiger partial charge is 0.272 e. The molecular formula is C16H14ClN3O2S. The van der Waals surface area contributed by atoms with Gasteiger partial charge >= 0.3 is 0 Å². The number of benzene rings is 1. The number of thiophene rings is 1. The normalized spacial score (nSPS) is 10.7. The molecule has 0 aliphatic rings. The van der Waals surface area contributed by atoms with Gasteiger partial charge in [0.2, 0.25) is 5.91 Å². The maximum atomic E-state index is 12.3. The van der Waals surface area contributed by atoms with E-state index in [1.54, 1.807) is 36.5 Å². The number of halogens is 1. The predicted molar refractivity (Wildman–Crippen MR) is 94.5 cm³/mol. The summed E-state index contributed by atoms with van der Waals surface area (Å²) in [6, 6.07) is 8.71. The molecule has 2 amide bonds. The van der Waals surface area contributed by atoms with E-state index in [2.05, 4.69) is 15.6 Å². The fourth-order valence-electron chi connectivity index (χ4n) is 2.10. The van der Waals surface area contributed by atoms with E-state index in [-0.39, 0.29) is 11.8 Å². The van der Waals surface area contributed by atoms with E-state index in [0.717, 1.165) is 10.2 Å².